The van der Waals surface area contributed by atoms with Crippen molar-refractivity contribution in [2.45, 2.75) is 56.3 Å². The van der Waals surface area contributed by atoms with Crippen LogP contribution in [0.4, 0.5) is 0 Å². The molecule has 15 heteroatoms. The number of rotatable bonds is 16. The lowest BCUT2D eigenvalue weighted by atomic mass is 10.0. The summed E-state index contributed by atoms with van der Waals surface area (Å²) in [6.45, 7) is 0. The zero-order chi connectivity index (χ0) is 29.1. The van der Waals surface area contributed by atoms with Gasteiger partial charge in [0.1, 0.15) is 18.1 Å². The number of aromatic nitrogens is 1. The van der Waals surface area contributed by atoms with Crippen molar-refractivity contribution >= 4 is 59.2 Å². The molecule has 3 amide bonds. The molecule has 4 atom stereocenters. The maximum absolute atomic E-state index is 13.3. The van der Waals surface area contributed by atoms with E-state index < -0.39 is 66.2 Å². The Morgan fingerprint density at radius 2 is 1.38 bits per heavy atom. The number of carbonyl (C=O) groups excluding carboxylic acids is 3. The van der Waals surface area contributed by atoms with Gasteiger partial charge >= 0.3 is 17.9 Å². The second kappa shape index (κ2) is 14.7. The predicted octanol–water partition coefficient (Wildman–Crippen LogP) is -0.764. The van der Waals surface area contributed by atoms with Crippen molar-refractivity contribution in [3.8, 4) is 0 Å². The van der Waals surface area contributed by atoms with Crippen LogP contribution in [0.2, 0.25) is 0 Å². The topological polar surface area (TPSA) is 241 Å². The Kier molecular flexibility index (Phi) is 11.7. The number of hydrogen-bond acceptors (Lipinski definition) is 8. The third-order valence-corrected chi connectivity index (χ3v) is 6.18. The molecule has 1 aromatic heterocycles. The number of carboxylic acids is 3. The van der Waals surface area contributed by atoms with Crippen LogP contribution in [0, 0.1) is 0 Å². The molecule has 0 saturated heterocycles. The van der Waals surface area contributed by atoms with Gasteiger partial charge in [0.15, 0.2) is 0 Å². The summed E-state index contributed by atoms with van der Waals surface area (Å²) in [5.74, 6) is -6.64. The fraction of sp³-hybridized carbons (Fsp3) is 0.417. The lowest BCUT2D eigenvalue weighted by Crippen LogP contribution is -2.57. The summed E-state index contributed by atoms with van der Waals surface area (Å²) >= 11 is 3.87. The Morgan fingerprint density at radius 1 is 0.821 bits per heavy atom. The lowest BCUT2D eigenvalue weighted by Gasteiger charge is -2.25. The Labute approximate surface area is 228 Å². The SMILES string of the molecule is NC(CCC(=O)O)C(=O)NC(Cc1c[nH]c2ccccc12)C(=O)NC(CCC(=O)O)C(=O)NC(CS)C(=O)O. The second-order valence-corrected chi connectivity index (χ2v) is 9.10. The zero-order valence-electron chi connectivity index (χ0n) is 20.8. The number of thiol groups is 1. The van der Waals surface area contributed by atoms with Gasteiger partial charge in [-0.3, -0.25) is 24.0 Å². The van der Waals surface area contributed by atoms with Crippen LogP contribution in [0.15, 0.2) is 30.5 Å². The molecule has 0 fully saturated rings. The van der Waals surface area contributed by atoms with E-state index in [0.717, 1.165) is 10.9 Å². The number of amides is 3. The molecule has 212 valence electrons. The molecule has 0 radical (unpaired) electrons. The van der Waals surface area contributed by atoms with E-state index in [1.165, 1.54) is 0 Å². The number of nitrogens with one attached hydrogen (secondary N) is 4. The molecule has 39 heavy (non-hydrogen) atoms. The summed E-state index contributed by atoms with van der Waals surface area (Å²) in [6, 6.07) is 1.81. The minimum atomic E-state index is -1.45. The summed E-state index contributed by atoms with van der Waals surface area (Å²) in [5.41, 5.74) is 7.20. The fourth-order valence-corrected chi connectivity index (χ4v) is 3.93. The quantitative estimate of drug-likeness (QED) is 0.115. The highest BCUT2D eigenvalue weighted by Crippen LogP contribution is 2.19. The van der Waals surface area contributed by atoms with Crippen LogP contribution < -0.4 is 21.7 Å². The average molecular weight is 566 g/mol. The number of para-hydroxylation sites is 1. The van der Waals surface area contributed by atoms with Gasteiger partial charge in [0.2, 0.25) is 17.7 Å². The van der Waals surface area contributed by atoms with Crippen molar-refractivity contribution in [3.63, 3.8) is 0 Å². The van der Waals surface area contributed by atoms with Crippen LogP contribution in [0.1, 0.15) is 31.2 Å². The molecular formula is C24H31N5O9S. The van der Waals surface area contributed by atoms with Gasteiger partial charge in [0.25, 0.3) is 0 Å². The van der Waals surface area contributed by atoms with E-state index in [1.807, 2.05) is 0 Å². The molecule has 0 spiro atoms. The van der Waals surface area contributed by atoms with E-state index in [-0.39, 0.29) is 31.4 Å². The Balaban J connectivity index is 2.30. The first kappa shape index (κ1) is 31.1. The number of aromatic amines is 1. The number of benzene rings is 1. The molecule has 4 unspecified atom stereocenters. The van der Waals surface area contributed by atoms with Crippen LogP contribution in [0.3, 0.4) is 0 Å². The number of aliphatic carboxylic acids is 3. The molecule has 0 aliphatic heterocycles. The van der Waals surface area contributed by atoms with E-state index in [0.29, 0.717) is 5.56 Å². The largest absolute Gasteiger partial charge is 0.481 e. The van der Waals surface area contributed by atoms with Crippen molar-refractivity contribution in [2.75, 3.05) is 5.75 Å². The number of fused-ring (bicyclic) bond motifs is 1. The fourth-order valence-electron chi connectivity index (χ4n) is 3.69. The van der Waals surface area contributed by atoms with E-state index in [2.05, 4.69) is 33.6 Å². The number of H-pyrrole nitrogens is 1. The highest BCUT2D eigenvalue weighted by atomic mass is 32.1. The van der Waals surface area contributed by atoms with Crippen molar-refractivity contribution < 1.29 is 44.1 Å². The van der Waals surface area contributed by atoms with Gasteiger partial charge in [0, 0.05) is 42.1 Å². The molecule has 2 rings (SSSR count). The van der Waals surface area contributed by atoms with Gasteiger partial charge in [-0.1, -0.05) is 18.2 Å². The van der Waals surface area contributed by atoms with Gasteiger partial charge < -0.3 is 42.0 Å². The lowest BCUT2D eigenvalue weighted by molar-refractivity contribution is -0.142. The molecule has 0 aliphatic carbocycles. The van der Waals surface area contributed by atoms with E-state index in [4.69, 9.17) is 15.9 Å². The van der Waals surface area contributed by atoms with Crippen molar-refractivity contribution in [1.82, 2.24) is 20.9 Å². The Hall–Kier alpha value is -4.11. The van der Waals surface area contributed by atoms with Crippen molar-refractivity contribution in [2.24, 2.45) is 5.73 Å². The summed E-state index contributed by atoms with van der Waals surface area (Å²) < 4.78 is 0. The highest BCUT2D eigenvalue weighted by Gasteiger charge is 2.31. The molecule has 1 aromatic carbocycles. The molecule has 2 aromatic rings. The summed E-state index contributed by atoms with van der Waals surface area (Å²) in [5, 5.41) is 35.0. The first-order chi connectivity index (χ1) is 18.4. The standard InChI is InChI=1S/C24H31N5O9S/c25-14(5-7-19(30)31)21(34)28-17(9-12-10-26-15-4-2-1-3-13(12)15)23(36)27-16(6-8-20(32)33)22(35)29-18(11-39)24(37)38/h1-4,10,14,16-18,26,39H,5-9,11,25H2,(H,27,36)(H,28,34)(H,29,35)(H,30,31)(H,32,33)(H,37,38). The monoisotopic (exact) mass is 565 g/mol. The van der Waals surface area contributed by atoms with Crippen LogP contribution in [-0.2, 0) is 35.2 Å². The highest BCUT2D eigenvalue weighted by molar-refractivity contribution is 7.80. The summed E-state index contributed by atoms with van der Waals surface area (Å²) in [4.78, 5) is 75.2. The number of nitrogens with two attached hydrogens (primary N) is 1. The van der Waals surface area contributed by atoms with Gasteiger partial charge in [-0.15, -0.1) is 0 Å². The minimum Gasteiger partial charge on any atom is -0.481 e. The average Bonchev–Trinajstić information content (AvgIpc) is 3.29. The van der Waals surface area contributed by atoms with E-state index in [1.54, 1.807) is 30.5 Å². The third kappa shape index (κ3) is 9.61. The van der Waals surface area contributed by atoms with Gasteiger partial charge in [-0.2, -0.15) is 12.6 Å². The first-order valence-electron chi connectivity index (χ1n) is 11.9. The van der Waals surface area contributed by atoms with Gasteiger partial charge in [-0.25, -0.2) is 4.79 Å². The van der Waals surface area contributed by atoms with Gasteiger partial charge in [-0.05, 0) is 24.5 Å². The molecule has 9 N–H and O–H groups in total. The molecule has 0 saturated carbocycles. The summed E-state index contributed by atoms with van der Waals surface area (Å²) in [7, 11) is 0. The molecule has 1 heterocycles. The Morgan fingerprint density at radius 3 is 2.00 bits per heavy atom. The zero-order valence-corrected chi connectivity index (χ0v) is 21.6. The van der Waals surface area contributed by atoms with Crippen molar-refractivity contribution in [3.05, 3.63) is 36.0 Å². The molecular weight excluding hydrogens is 534 g/mol. The summed E-state index contributed by atoms with van der Waals surface area (Å²) in [6.07, 6.45) is 0.136. The number of carboxylic acid groups (broad SMARTS) is 3. The minimum absolute atomic E-state index is 0.0606. The Bertz CT molecular complexity index is 1220. The number of hydrogen-bond donors (Lipinski definition) is 9. The normalized spacial score (nSPS) is 14.0. The van der Waals surface area contributed by atoms with Crippen LogP contribution in [0.5, 0.6) is 0 Å². The molecule has 0 bridgehead atoms. The van der Waals surface area contributed by atoms with Crippen molar-refractivity contribution in [1.29, 1.82) is 0 Å². The predicted molar refractivity (Wildman–Crippen MR) is 141 cm³/mol. The smallest absolute Gasteiger partial charge is 0.327 e. The second-order valence-electron chi connectivity index (χ2n) is 8.74. The van der Waals surface area contributed by atoms with Crippen LogP contribution >= 0.6 is 12.6 Å². The first-order valence-corrected chi connectivity index (χ1v) is 12.5. The third-order valence-electron chi connectivity index (χ3n) is 5.81. The van der Waals surface area contributed by atoms with E-state index in [9.17, 15) is 33.9 Å². The number of carbonyl (C=O) groups is 6. The van der Waals surface area contributed by atoms with Gasteiger partial charge in [0.05, 0.1) is 6.04 Å². The maximum atomic E-state index is 13.3. The molecule has 0 aliphatic rings. The van der Waals surface area contributed by atoms with Crippen LogP contribution in [0.25, 0.3) is 10.9 Å². The van der Waals surface area contributed by atoms with E-state index >= 15 is 0 Å². The van der Waals surface area contributed by atoms with Crippen LogP contribution in [-0.4, -0.2) is 85.9 Å². The maximum Gasteiger partial charge on any atom is 0.327 e. The molecule has 14 nitrogen and oxygen atoms in total.